The van der Waals surface area contributed by atoms with Gasteiger partial charge in [-0.05, 0) is 45.6 Å². The van der Waals surface area contributed by atoms with Gasteiger partial charge in [0.05, 0.1) is 17.5 Å². The van der Waals surface area contributed by atoms with Crippen LogP contribution < -0.4 is 5.32 Å². The number of aryl methyl sites for hydroxylation is 1. The minimum Gasteiger partial charge on any atom is -0.354 e. The highest BCUT2D eigenvalue weighted by molar-refractivity contribution is 5.97. The number of carbonyl (C=O) groups is 2. The number of fused-ring (bicyclic) bond motifs is 1. The van der Waals surface area contributed by atoms with Gasteiger partial charge in [-0.2, -0.15) is 0 Å². The average Bonchev–Trinajstić information content (AvgIpc) is 3.20. The molecule has 0 bridgehead atoms. The molecule has 1 aliphatic carbocycles. The van der Waals surface area contributed by atoms with Crippen LogP contribution in [0.4, 0.5) is 0 Å². The average molecular weight is 301 g/mol. The molecule has 5 nitrogen and oxygen atoms in total. The van der Waals surface area contributed by atoms with E-state index < -0.39 is 0 Å². The minimum absolute atomic E-state index is 0.00961. The maximum atomic E-state index is 13.1. The van der Waals surface area contributed by atoms with Crippen molar-refractivity contribution < 1.29 is 9.59 Å². The van der Waals surface area contributed by atoms with Crippen LogP contribution >= 0.6 is 0 Å². The van der Waals surface area contributed by atoms with Gasteiger partial charge >= 0.3 is 0 Å². The first-order valence-corrected chi connectivity index (χ1v) is 8.35. The number of aromatic nitrogens is 1. The van der Waals surface area contributed by atoms with E-state index in [1.807, 2.05) is 11.0 Å². The molecular weight excluding hydrogens is 278 g/mol. The van der Waals surface area contributed by atoms with E-state index in [9.17, 15) is 9.59 Å². The molecule has 1 aromatic rings. The number of rotatable bonds is 2. The smallest absolute Gasteiger partial charge is 0.256 e. The number of nitrogens with one attached hydrogen (secondary N) is 1. The van der Waals surface area contributed by atoms with Crippen LogP contribution in [0.5, 0.6) is 0 Å². The quantitative estimate of drug-likeness (QED) is 0.905. The van der Waals surface area contributed by atoms with Gasteiger partial charge in [0.1, 0.15) is 0 Å². The summed E-state index contributed by atoms with van der Waals surface area (Å²) in [6.07, 6.45) is 4.26. The molecule has 2 amide bonds. The summed E-state index contributed by atoms with van der Waals surface area (Å²) < 4.78 is 2.31. The summed E-state index contributed by atoms with van der Waals surface area (Å²) in [5.41, 5.74) is 3.09. The van der Waals surface area contributed by atoms with Crippen molar-refractivity contribution in [2.75, 3.05) is 13.1 Å². The molecule has 0 unspecified atom stereocenters. The van der Waals surface area contributed by atoms with Crippen LogP contribution in [0.3, 0.4) is 0 Å². The Morgan fingerprint density at radius 2 is 2.05 bits per heavy atom. The third kappa shape index (κ3) is 1.98. The summed E-state index contributed by atoms with van der Waals surface area (Å²) in [7, 11) is 0. The zero-order chi connectivity index (χ0) is 15.4. The van der Waals surface area contributed by atoms with Gasteiger partial charge in [0.2, 0.25) is 5.91 Å². The zero-order valence-corrected chi connectivity index (χ0v) is 13.3. The molecule has 5 heteroatoms. The van der Waals surface area contributed by atoms with Gasteiger partial charge in [-0.1, -0.05) is 0 Å². The molecule has 4 rings (SSSR count). The highest BCUT2D eigenvalue weighted by Gasteiger charge is 2.43. The Hall–Kier alpha value is -1.78. The van der Waals surface area contributed by atoms with Crippen LogP contribution in [0.15, 0.2) is 6.07 Å². The molecule has 1 aromatic heterocycles. The zero-order valence-electron chi connectivity index (χ0n) is 13.3. The summed E-state index contributed by atoms with van der Waals surface area (Å²) in [4.78, 5) is 26.9. The van der Waals surface area contributed by atoms with Gasteiger partial charge < -0.3 is 14.8 Å². The molecule has 118 valence electrons. The Balaban J connectivity index is 1.64. The molecule has 3 fully saturated rings. The molecule has 0 aromatic carbocycles. The molecule has 2 aliphatic heterocycles. The van der Waals surface area contributed by atoms with E-state index >= 15 is 0 Å². The van der Waals surface area contributed by atoms with Crippen molar-refractivity contribution in [3.05, 3.63) is 23.0 Å². The first-order chi connectivity index (χ1) is 10.6. The molecule has 1 saturated carbocycles. The van der Waals surface area contributed by atoms with Crippen molar-refractivity contribution >= 4 is 11.8 Å². The van der Waals surface area contributed by atoms with Crippen LogP contribution in [-0.4, -0.2) is 40.4 Å². The highest BCUT2D eigenvalue weighted by Crippen LogP contribution is 2.39. The van der Waals surface area contributed by atoms with Crippen molar-refractivity contribution in [3.63, 3.8) is 0 Å². The molecule has 0 radical (unpaired) electrons. The van der Waals surface area contributed by atoms with Crippen LogP contribution in [-0.2, 0) is 4.79 Å². The van der Waals surface area contributed by atoms with Crippen LogP contribution in [0.2, 0.25) is 0 Å². The standard InChI is InChI=1S/C17H23N3O2/c1-10-8-14(11(2)20(10)12-5-6-12)17(22)19-7-3-4-13-15(19)9-18-16(13)21/h8,12-13,15H,3-7,9H2,1-2H3,(H,18,21)/t13-,15-/m1/s1. The lowest BCUT2D eigenvalue weighted by molar-refractivity contribution is -0.123. The number of amides is 2. The van der Waals surface area contributed by atoms with E-state index in [-0.39, 0.29) is 23.8 Å². The maximum Gasteiger partial charge on any atom is 0.256 e. The number of nitrogens with zero attached hydrogens (tertiary/aromatic N) is 2. The number of hydrogen-bond donors (Lipinski definition) is 1. The second kappa shape index (κ2) is 4.86. The van der Waals surface area contributed by atoms with Gasteiger partial charge in [-0.25, -0.2) is 0 Å². The Bertz CT molecular complexity index is 645. The molecule has 1 N–H and O–H groups in total. The van der Waals surface area contributed by atoms with Crippen LogP contribution in [0.1, 0.15) is 53.5 Å². The van der Waals surface area contributed by atoms with Gasteiger partial charge in [-0.3, -0.25) is 9.59 Å². The number of likely N-dealkylation sites (tertiary alicyclic amines) is 1. The summed E-state index contributed by atoms with van der Waals surface area (Å²) in [5, 5.41) is 2.92. The fourth-order valence-corrected chi connectivity index (χ4v) is 4.25. The van der Waals surface area contributed by atoms with Gasteiger partial charge in [0.15, 0.2) is 0 Å². The van der Waals surface area contributed by atoms with Crippen molar-refractivity contribution in [3.8, 4) is 0 Å². The SMILES string of the molecule is Cc1cc(C(=O)N2CCC[C@H]3C(=O)NC[C@H]32)c(C)n1C1CC1. The second-order valence-corrected chi connectivity index (χ2v) is 6.95. The molecule has 3 heterocycles. The molecule has 2 saturated heterocycles. The predicted octanol–water partition coefficient (Wildman–Crippen LogP) is 1.79. The first-order valence-electron chi connectivity index (χ1n) is 8.35. The molecule has 0 spiro atoms. The fraction of sp³-hybridized carbons (Fsp3) is 0.647. The van der Waals surface area contributed by atoms with E-state index in [2.05, 4.69) is 23.7 Å². The summed E-state index contributed by atoms with van der Waals surface area (Å²) in [6.45, 7) is 5.51. The van der Waals surface area contributed by atoms with Gasteiger partial charge in [-0.15, -0.1) is 0 Å². The third-order valence-electron chi connectivity index (χ3n) is 5.49. The lowest BCUT2D eigenvalue weighted by atomic mass is 9.91. The summed E-state index contributed by atoms with van der Waals surface area (Å²) in [6, 6.07) is 2.66. The molecular formula is C17H23N3O2. The monoisotopic (exact) mass is 301 g/mol. The third-order valence-corrected chi connectivity index (χ3v) is 5.49. The Morgan fingerprint density at radius 3 is 2.77 bits per heavy atom. The second-order valence-electron chi connectivity index (χ2n) is 6.95. The summed E-state index contributed by atoms with van der Waals surface area (Å²) in [5.74, 6) is 0.210. The largest absolute Gasteiger partial charge is 0.354 e. The Kier molecular flexibility index (Phi) is 3.06. The van der Waals surface area contributed by atoms with Gasteiger partial charge in [0, 0.05) is 30.5 Å². The number of piperidine rings is 1. The van der Waals surface area contributed by atoms with E-state index in [0.29, 0.717) is 12.6 Å². The summed E-state index contributed by atoms with van der Waals surface area (Å²) >= 11 is 0. The van der Waals surface area contributed by atoms with E-state index in [1.165, 1.54) is 18.5 Å². The maximum absolute atomic E-state index is 13.1. The fourth-order valence-electron chi connectivity index (χ4n) is 4.25. The van der Waals surface area contributed by atoms with Crippen molar-refractivity contribution in [2.45, 2.75) is 51.6 Å². The number of carbonyl (C=O) groups excluding carboxylic acids is 2. The van der Waals surface area contributed by atoms with E-state index in [0.717, 1.165) is 30.6 Å². The Labute approximate surface area is 130 Å². The molecule has 2 atom stereocenters. The minimum atomic E-state index is -0.00961. The van der Waals surface area contributed by atoms with Crippen molar-refractivity contribution in [2.24, 2.45) is 5.92 Å². The normalized spacial score (nSPS) is 27.7. The van der Waals surface area contributed by atoms with Crippen LogP contribution in [0, 0.1) is 19.8 Å². The lowest BCUT2D eigenvalue weighted by Crippen LogP contribution is -2.48. The Morgan fingerprint density at radius 1 is 1.27 bits per heavy atom. The highest BCUT2D eigenvalue weighted by atomic mass is 16.2. The van der Waals surface area contributed by atoms with E-state index in [1.54, 1.807) is 0 Å². The van der Waals surface area contributed by atoms with Crippen molar-refractivity contribution in [1.29, 1.82) is 0 Å². The van der Waals surface area contributed by atoms with E-state index in [4.69, 9.17) is 0 Å². The number of hydrogen-bond acceptors (Lipinski definition) is 2. The van der Waals surface area contributed by atoms with Crippen molar-refractivity contribution in [1.82, 2.24) is 14.8 Å². The topological polar surface area (TPSA) is 54.3 Å². The lowest BCUT2D eigenvalue weighted by Gasteiger charge is -2.36. The van der Waals surface area contributed by atoms with Gasteiger partial charge in [0.25, 0.3) is 5.91 Å². The first kappa shape index (κ1) is 13.9. The van der Waals surface area contributed by atoms with Crippen LogP contribution in [0.25, 0.3) is 0 Å². The molecule has 22 heavy (non-hydrogen) atoms. The predicted molar refractivity (Wildman–Crippen MR) is 82.7 cm³/mol. The molecule has 3 aliphatic rings.